The molecule has 9 heteroatoms. The van der Waals surface area contributed by atoms with Crippen molar-refractivity contribution in [1.29, 1.82) is 0 Å². The van der Waals surface area contributed by atoms with Crippen molar-refractivity contribution in [2.45, 2.75) is 23.7 Å². The second kappa shape index (κ2) is 5.82. The number of nitrogens with zero attached hydrogens (tertiary/aromatic N) is 1. The Bertz CT molecular complexity index is 598. The van der Waals surface area contributed by atoms with Gasteiger partial charge in [0.1, 0.15) is 5.75 Å². The lowest BCUT2D eigenvalue weighted by atomic mass is 10.3. The van der Waals surface area contributed by atoms with Crippen LogP contribution in [0.3, 0.4) is 0 Å². The molecule has 1 aromatic carbocycles. The average Bonchev–Trinajstić information content (AvgIpc) is 2.89. The van der Waals surface area contributed by atoms with Crippen LogP contribution < -0.4 is 10.1 Å². The first-order chi connectivity index (χ1) is 9.70. The molecular formula is C12H15F3N2O3S. The summed E-state index contributed by atoms with van der Waals surface area (Å²) in [4.78, 5) is -0.223. The molecule has 1 aromatic rings. The van der Waals surface area contributed by atoms with Crippen LogP contribution in [0, 0.1) is 0 Å². The van der Waals surface area contributed by atoms with E-state index in [1.54, 1.807) is 0 Å². The summed E-state index contributed by atoms with van der Waals surface area (Å²) in [5, 5.41) is 3.04. The van der Waals surface area contributed by atoms with Crippen molar-refractivity contribution in [1.82, 2.24) is 9.62 Å². The highest BCUT2D eigenvalue weighted by molar-refractivity contribution is 7.89. The number of rotatable bonds is 4. The fourth-order valence-corrected chi connectivity index (χ4v) is 3.56. The van der Waals surface area contributed by atoms with E-state index in [1.807, 2.05) is 0 Å². The van der Waals surface area contributed by atoms with E-state index in [9.17, 15) is 21.6 Å². The summed E-state index contributed by atoms with van der Waals surface area (Å²) in [7, 11) is -2.43. The Labute approximate surface area is 120 Å². The maximum absolute atomic E-state index is 12.4. The zero-order valence-electron chi connectivity index (χ0n) is 11.2. The van der Waals surface area contributed by atoms with E-state index >= 15 is 0 Å². The van der Waals surface area contributed by atoms with Crippen LogP contribution in [0.5, 0.6) is 5.75 Å². The molecular weight excluding hydrogens is 309 g/mol. The van der Waals surface area contributed by atoms with E-state index < -0.39 is 22.1 Å². The minimum Gasteiger partial charge on any atom is -0.406 e. The van der Waals surface area contributed by atoms with Gasteiger partial charge in [-0.3, -0.25) is 0 Å². The first-order valence-corrected chi connectivity index (χ1v) is 7.69. The highest BCUT2D eigenvalue weighted by Gasteiger charge is 2.33. The summed E-state index contributed by atoms with van der Waals surface area (Å²) >= 11 is 0. The Hall–Kier alpha value is -1.32. The molecule has 0 aliphatic carbocycles. The number of sulfonamides is 1. The van der Waals surface area contributed by atoms with Crippen LogP contribution in [-0.2, 0) is 10.0 Å². The molecule has 1 aliphatic heterocycles. The third-order valence-corrected chi connectivity index (χ3v) is 5.17. The fraction of sp³-hybridized carbons (Fsp3) is 0.500. The third-order valence-electron chi connectivity index (χ3n) is 3.26. The van der Waals surface area contributed by atoms with Gasteiger partial charge in [0.25, 0.3) is 0 Å². The maximum atomic E-state index is 12.4. The van der Waals surface area contributed by atoms with Gasteiger partial charge in [-0.05, 0) is 25.1 Å². The van der Waals surface area contributed by atoms with E-state index in [-0.39, 0.29) is 10.9 Å². The standard InChI is InChI=1S/C12H15F3N2O3S/c1-17(9-5-6-16-8-9)21(18,19)11-4-2-3-10(7-11)20-12(13,14)15/h2-4,7,9,16H,5-6,8H2,1H3. The Kier molecular flexibility index (Phi) is 4.45. The van der Waals surface area contributed by atoms with E-state index in [2.05, 4.69) is 10.1 Å². The highest BCUT2D eigenvalue weighted by atomic mass is 32.2. The second-order valence-electron chi connectivity index (χ2n) is 4.69. The van der Waals surface area contributed by atoms with Crippen molar-refractivity contribution in [3.63, 3.8) is 0 Å². The van der Waals surface area contributed by atoms with Gasteiger partial charge in [-0.15, -0.1) is 13.2 Å². The van der Waals surface area contributed by atoms with Crippen LogP contribution >= 0.6 is 0 Å². The molecule has 0 spiro atoms. The molecule has 1 unspecified atom stereocenters. The SMILES string of the molecule is CN(C1CCNC1)S(=O)(=O)c1cccc(OC(F)(F)F)c1. The summed E-state index contributed by atoms with van der Waals surface area (Å²) in [5.74, 6) is -0.554. The Morgan fingerprint density at radius 3 is 2.67 bits per heavy atom. The highest BCUT2D eigenvalue weighted by Crippen LogP contribution is 2.27. The van der Waals surface area contributed by atoms with Gasteiger partial charge in [0, 0.05) is 25.7 Å². The molecule has 0 bridgehead atoms. The van der Waals surface area contributed by atoms with Gasteiger partial charge in [0.05, 0.1) is 4.90 Å². The number of hydrogen-bond donors (Lipinski definition) is 1. The van der Waals surface area contributed by atoms with Crippen molar-refractivity contribution in [2.75, 3.05) is 20.1 Å². The molecule has 1 N–H and O–H groups in total. The van der Waals surface area contributed by atoms with Gasteiger partial charge in [0.2, 0.25) is 10.0 Å². The Morgan fingerprint density at radius 1 is 1.38 bits per heavy atom. The molecule has 0 radical (unpaired) electrons. The van der Waals surface area contributed by atoms with E-state index in [4.69, 9.17) is 0 Å². The Morgan fingerprint density at radius 2 is 2.10 bits per heavy atom. The molecule has 5 nitrogen and oxygen atoms in total. The zero-order chi connectivity index (χ0) is 15.7. The molecule has 118 valence electrons. The average molecular weight is 324 g/mol. The number of halogens is 3. The van der Waals surface area contributed by atoms with E-state index in [0.717, 1.165) is 12.1 Å². The van der Waals surface area contributed by atoms with Crippen molar-refractivity contribution in [3.05, 3.63) is 24.3 Å². The number of likely N-dealkylation sites (N-methyl/N-ethyl adjacent to an activating group) is 1. The summed E-state index contributed by atoms with van der Waals surface area (Å²) in [5.41, 5.74) is 0. The predicted octanol–water partition coefficient (Wildman–Crippen LogP) is 1.57. The molecule has 1 atom stereocenters. The number of benzene rings is 1. The van der Waals surface area contributed by atoms with Gasteiger partial charge in [-0.25, -0.2) is 8.42 Å². The van der Waals surface area contributed by atoms with Crippen molar-refractivity contribution < 1.29 is 26.3 Å². The van der Waals surface area contributed by atoms with Gasteiger partial charge >= 0.3 is 6.36 Å². The lowest BCUT2D eigenvalue weighted by Crippen LogP contribution is -2.38. The molecule has 1 heterocycles. The van der Waals surface area contributed by atoms with Crippen LogP contribution in [0.25, 0.3) is 0 Å². The maximum Gasteiger partial charge on any atom is 0.573 e. The van der Waals surface area contributed by atoms with Gasteiger partial charge in [-0.1, -0.05) is 6.07 Å². The minimum atomic E-state index is -4.86. The molecule has 1 aliphatic rings. The Balaban J connectivity index is 2.25. The number of nitrogens with one attached hydrogen (secondary N) is 1. The number of alkyl halides is 3. The van der Waals surface area contributed by atoms with Crippen LogP contribution in [-0.4, -0.2) is 45.3 Å². The molecule has 1 fully saturated rings. The molecule has 2 rings (SSSR count). The van der Waals surface area contributed by atoms with Crippen molar-refractivity contribution >= 4 is 10.0 Å². The van der Waals surface area contributed by atoms with Crippen molar-refractivity contribution in [2.24, 2.45) is 0 Å². The van der Waals surface area contributed by atoms with Gasteiger partial charge in [0.15, 0.2) is 0 Å². The smallest absolute Gasteiger partial charge is 0.406 e. The number of hydrogen-bond acceptors (Lipinski definition) is 4. The fourth-order valence-electron chi connectivity index (χ4n) is 2.14. The molecule has 21 heavy (non-hydrogen) atoms. The summed E-state index contributed by atoms with van der Waals surface area (Å²) in [6, 6.07) is 4.19. The molecule has 0 aromatic heterocycles. The zero-order valence-corrected chi connectivity index (χ0v) is 12.0. The second-order valence-corrected chi connectivity index (χ2v) is 6.69. The van der Waals surface area contributed by atoms with Gasteiger partial charge in [-0.2, -0.15) is 4.31 Å². The minimum absolute atomic E-state index is 0.206. The topological polar surface area (TPSA) is 58.6 Å². The van der Waals surface area contributed by atoms with E-state index in [1.165, 1.54) is 23.5 Å². The van der Waals surface area contributed by atoms with Gasteiger partial charge < -0.3 is 10.1 Å². The molecule has 0 amide bonds. The first kappa shape index (κ1) is 16.1. The van der Waals surface area contributed by atoms with Crippen LogP contribution in [0.1, 0.15) is 6.42 Å². The van der Waals surface area contributed by atoms with E-state index in [0.29, 0.717) is 19.5 Å². The van der Waals surface area contributed by atoms with Crippen molar-refractivity contribution in [3.8, 4) is 5.75 Å². The number of ether oxygens (including phenoxy) is 1. The first-order valence-electron chi connectivity index (χ1n) is 6.25. The largest absolute Gasteiger partial charge is 0.573 e. The monoisotopic (exact) mass is 324 g/mol. The lowest BCUT2D eigenvalue weighted by molar-refractivity contribution is -0.274. The van der Waals surface area contributed by atoms with Crippen LogP contribution in [0.15, 0.2) is 29.2 Å². The summed E-state index contributed by atoms with van der Waals surface area (Å²) in [6.07, 6.45) is -4.20. The molecule has 1 saturated heterocycles. The van der Waals surface area contributed by atoms with Crippen LogP contribution in [0.2, 0.25) is 0 Å². The van der Waals surface area contributed by atoms with Crippen LogP contribution in [0.4, 0.5) is 13.2 Å². The summed E-state index contributed by atoms with van der Waals surface area (Å²) in [6.45, 7) is 1.23. The molecule has 0 saturated carbocycles. The third kappa shape index (κ3) is 3.86. The normalized spacial score (nSPS) is 20.0. The summed E-state index contributed by atoms with van der Waals surface area (Å²) < 4.78 is 66.3. The lowest BCUT2D eigenvalue weighted by Gasteiger charge is -2.23. The predicted molar refractivity (Wildman–Crippen MR) is 69.3 cm³/mol. The quantitative estimate of drug-likeness (QED) is 0.913.